The Bertz CT molecular complexity index is 252. The normalized spacial score (nSPS) is 12.0. The number of ether oxygens (including phenoxy) is 2. The van der Waals surface area contributed by atoms with Crippen molar-refractivity contribution in [3.63, 3.8) is 0 Å². The number of rotatable bonds is 7. The molecule has 0 spiro atoms. The molecule has 0 aliphatic carbocycles. The van der Waals surface area contributed by atoms with E-state index in [1.807, 2.05) is 0 Å². The first-order valence-corrected chi connectivity index (χ1v) is 5.15. The van der Waals surface area contributed by atoms with Gasteiger partial charge in [0.1, 0.15) is 6.04 Å². The maximum Gasteiger partial charge on any atom is 0.322 e. The minimum Gasteiger partial charge on any atom is -0.468 e. The number of hydrogen-bond acceptors (Lipinski definition) is 5. The molecule has 92 valence electrons. The van der Waals surface area contributed by atoms with Crippen LogP contribution in [0.15, 0.2) is 12.7 Å². The van der Waals surface area contributed by atoms with E-state index in [1.54, 1.807) is 24.8 Å². The van der Waals surface area contributed by atoms with Crippen LogP contribution in [0.5, 0.6) is 0 Å². The van der Waals surface area contributed by atoms with Crippen molar-refractivity contribution in [1.29, 1.82) is 0 Å². The van der Waals surface area contributed by atoms with Gasteiger partial charge in [-0.25, -0.2) is 0 Å². The van der Waals surface area contributed by atoms with Gasteiger partial charge < -0.3 is 9.47 Å². The summed E-state index contributed by atoms with van der Waals surface area (Å²) >= 11 is 0. The van der Waals surface area contributed by atoms with Crippen LogP contribution in [-0.2, 0) is 19.1 Å². The first-order valence-electron chi connectivity index (χ1n) is 5.15. The average molecular weight is 229 g/mol. The lowest BCUT2D eigenvalue weighted by atomic mass is 10.2. The van der Waals surface area contributed by atoms with Crippen molar-refractivity contribution in [3.05, 3.63) is 12.7 Å². The smallest absolute Gasteiger partial charge is 0.322 e. The lowest BCUT2D eigenvalue weighted by Crippen LogP contribution is -2.43. The maximum atomic E-state index is 11.3. The van der Waals surface area contributed by atoms with Crippen LogP contribution in [0.25, 0.3) is 0 Å². The fourth-order valence-corrected chi connectivity index (χ4v) is 1.22. The summed E-state index contributed by atoms with van der Waals surface area (Å²) < 4.78 is 9.43. The molecule has 0 aliphatic heterocycles. The molecule has 0 saturated carbocycles. The summed E-state index contributed by atoms with van der Waals surface area (Å²) in [6.07, 6.45) is 1.62. The third-order valence-electron chi connectivity index (χ3n) is 2.09. The quantitative estimate of drug-likeness (QED) is 0.472. The van der Waals surface area contributed by atoms with Crippen LogP contribution in [-0.4, -0.2) is 49.7 Å². The van der Waals surface area contributed by atoms with E-state index in [-0.39, 0.29) is 18.5 Å². The van der Waals surface area contributed by atoms with E-state index in [0.717, 1.165) is 0 Å². The van der Waals surface area contributed by atoms with Crippen molar-refractivity contribution in [1.82, 2.24) is 4.90 Å². The number of esters is 2. The van der Waals surface area contributed by atoms with Crippen LogP contribution in [0.4, 0.5) is 0 Å². The number of methoxy groups -OCH3 is 1. The van der Waals surface area contributed by atoms with Gasteiger partial charge in [-0.05, 0) is 13.8 Å². The molecule has 0 amide bonds. The summed E-state index contributed by atoms with van der Waals surface area (Å²) in [5.41, 5.74) is 0. The minimum absolute atomic E-state index is 0.0517. The standard InChI is InChI=1S/C11H19NO4/c1-5-7-12(8-10(13)16-6-2)9(3)11(14)15-4/h5,9H,1,6-8H2,2-4H3. The highest BCUT2D eigenvalue weighted by Gasteiger charge is 2.23. The second-order valence-corrected chi connectivity index (χ2v) is 3.22. The summed E-state index contributed by atoms with van der Waals surface area (Å²) in [4.78, 5) is 24.2. The van der Waals surface area contributed by atoms with Gasteiger partial charge in [0.2, 0.25) is 0 Å². The molecule has 1 unspecified atom stereocenters. The molecule has 0 saturated heterocycles. The van der Waals surface area contributed by atoms with Gasteiger partial charge in [-0.2, -0.15) is 0 Å². The Labute approximate surface area is 96.0 Å². The van der Waals surface area contributed by atoms with Gasteiger partial charge in [0.15, 0.2) is 0 Å². The lowest BCUT2D eigenvalue weighted by Gasteiger charge is -2.24. The highest BCUT2D eigenvalue weighted by Crippen LogP contribution is 2.02. The number of hydrogen-bond donors (Lipinski definition) is 0. The highest BCUT2D eigenvalue weighted by atomic mass is 16.5. The van der Waals surface area contributed by atoms with Crippen LogP contribution in [0, 0.1) is 0 Å². The molecule has 0 bridgehead atoms. The molecule has 0 heterocycles. The highest BCUT2D eigenvalue weighted by molar-refractivity contribution is 5.77. The van der Waals surface area contributed by atoms with Gasteiger partial charge in [0.25, 0.3) is 0 Å². The molecule has 0 aromatic carbocycles. The van der Waals surface area contributed by atoms with Crippen molar-refractivity contribution >= 4 is 11.9 Å². The van der Waals surface area contributed by atoms with E-state index in [0.29, 0.717) is 13.2 Å². The van der Waals surface area contributed by atoms with E-state index >= 15 is 0 Å². The molecule has 1 atom stereocenters. The van der Waals surface area contributed by atoms with Gasteiger partial charge in [0.05, 0.1) is 20.3 Å². The second kappa shape index (κ2) is 7.87. The van der Waals surface area contributed by atoms with Crippen molar-refractivity contribution in [2.45, 2.75) is 19.9 Å². The Balaban J connectivity index is 4.41. The summed E-state index contributed by atoms with van der Waals surface area (Å²) in [5, 5.41) is 0. The van der Waals surface area contributed by atoms with Crippen molar-refractivity contribution in [3.8, 4) is 0 Å². The summed E-state index contributed by atoms with van der Waals surface area (Å²) in [5.74, 6) is -0.744. The molecular weight excluding hydrogens is 210 g/mol. The van der Waals surface area contributed by atoms with E-state index < -0.39 is 6.04 Å². The van der Waals surface area contributed by atoms with Gasteiger partial charge in [-0.1, -0.05) is 6.08 Å². The summed E-state index contributed by atoms with van der Waals surface area (Å²) in [7, 11) is 1.31. The van der Waals surface area contributed by atoms with Crippen molar-refractivity contribution in [2.75, 3.05) is 26.8 Å². The van der Waals surface area contributed by atoms with Crippen LogP contribution in [0.2, 0.25) is 0 Å². The van der Waals surface area contributed by atoms with Crippen LogP contribution >= 0.6 is 0 Å². The molecule has 0 aromatic rings. The largest absolute Gasteiger partial charge is 0.468 e. The second-order valence-electron chi connectivity index (χ2n) is 3.22. The Kier molecular flexibility index (Phi) is 7.20. The van der Waals surface area contributed by atoms with E-state index in [4.69, 9.17) is 4.74 Å². The molecule has 5 heteroatoms. The average Bonchev–Trinajstić information content (AvgIpc) is 2.26. The molecule has 0 radical (unpaired) electrons. The summed E-state index contributed by atoms with van der Waals surface area (Å²) in [6.45, 7) is 7.79. The summed E-state index contributed by atoms with van der Waals surface area (Å²) in [6, 6.07) is -0.493. The molecule has 5 nitrogen and oxygen atoms in total. The molecule has 0 N–H and O–H groups in total. The third-order valence-corrected chi connectivity index (χ3v) is 2.09. The fourth-order valence-electron chi connectivity index (χ4n) is 1.22. The minimum atomic E-state index is -0.493. The van der Waals surface area contributed by atoms with Gasteiger partial charge in [-0.15, -0.1) is 6.58 Å². The Morgan fingerprint density at radius 2 is 2.12 bits per heavy atom. The zero-order valence-corrected chi connectivity index (χ0v) is 10.1. The predicted octanol–water partition coefficient (Wildman–Crippen LogP) is 0.599. The van der Waals surface area contributed by atoms with Crippen molar-refractivity contribution < 1.29 is 19.1 Å². The van der Waals surface area contributed by atoms with Gasteiger partial charge >= 0.3 is 11.9 Å². The van der Waals surface area contributed by atoms with Gasteiger partial charge in [0, 0.05) is 6.54 Å². The number of carbonyl (C=O) groups is 2. The van der Waals surface area contributed by atoms with Crippen LogP contribution in [0.3, 0.4) is 0 Å². The molecule has 0 fully saturated rings. The maximum absolute atomic E-state index is 11.3. The fraction of sp³-hybridized carbons (Fsp3) is 0.636. The lowest BCUT2D eigenvalue weighted by molar-refractivity contribution is -0.150. The number of nitrogens with zero attached hydrogens (tertiary/aromatic N) is 1. The van der Waals surface area contributed by atoms with Gasteiger partial charge in [-0.3, -0.25) is 14.5 Å². The molecule has 16 heavy (non-hydrogen) atoms. The predicted molar refractivity (Wildman–Crippen MR) is 59.9 cm³/mol. The van der Waals surface area contributed by atoms with Crippen molar-refractivity contribution in [2.24, 2.45) is 0 Å². The molecule has 0 aliphatic rings. The molecule has 0 rings (SSSR count). The van der Waals surface area contributed by atoms with E-state index in [2.05, 4.69) is 11.3 Å². The van der Waals surface area contributed by atoms with Crippen LogP contribution in [0.1, 0.15) is 13.8 Å². The third kappa shape index (κ3) is 4.93. The first kappa shape index (κ1) is 14.6. The zero-order chi connectivity index (χ0) is 12.6. The number of carbonyl (C=O) groups excluding carboxylic acids is 2. The first-order chi connectivity index (χ1) is 7.56. The van der Waals surface area contributed by atoms with E-state index in [9.17, 15) is 9.59 Å². The Morgan fingerprint density at radius 1 is 1.50 bits per heavy atom. The molecular formula is C11H19NO4. The SMILES string of the molecule is C=CCN(CC(=O)OCC)C(C)C(=O)OC. The van der Waals surface area contributed by atoms with E-state index in [1.165, 1.54) is 7.11 Å². The molecule has 0 aromatic heterocycles. The Hall–Kier alpha value is -1.36. The Morgan fingerprint density at radius 3 is 2.56 bits per heavy atom. The van der Waals surface area contributed by atoms with Crippen LogP contribution < -0.4 is 0 Å². The monoisotopic (exact) mass is 229 g/mol. The zero-order valence-electron chi connectivity index (χ0n) is 10.1. The topological polar surface area (TPSA) is 55.8 Å².